The molecule has 20 aromatic rings. The van der Waals surface area contributed by atoms with Crippen LogP contribution in [0.3, 0.4) is 0 Å². The molecule has 20 rings (SSSR count). The molecular weight excluding hydrogens is 1510 g/mol. The Kier molecular flexibility index (Phi) is 20.9. The Labute approximate surface area is 667 Å². The molecule has 0 atom stereocenters. The number of hydrogen-bond acceptors (Lipinski definition) is 18. The van der Waals surface area contributed by atoms with Crippen molar-refractivity contribution in [2.24, 2.45) is 0 Å². The number of aliphatic hydroxyl groups is 1. The van der Waals surface area contributed by atoms with Crippen LogP contribution in [0.2, 0.25) is 5.02 Å². The van der Waals surface area contributed by atoms with E-state index in [1.807, 2.05) is 127 Å². The van der Waals surface area contributed by atoms with Crippen LogP contribution in [0.1, 0.15) is 0 Å². The minimum Gasteiger partial charge on any atom is -0.490 e. The molecule has 566 valence electrons. The molecule has 0 radical (unpaired) electrons. The van der Waals surface area contributed by atoms with Crippen LogP contribution < -0.4 is 15.2 Å². The Bertz CT molecular complexity index is 7240. The van der Waals surface area contributed by atoms with Crippen molar-refractivity contribution in [3.63, 3.8) is 0 Å². The Balaban J connectivity index is 0.000000112. The molecule has 0 bridgehead atoms. The highest BCUT2D eigenvalue weighted by Gasteiger charge is 2.22. The maximum atomic E-state index is 14.5. The van der Waals surface area contributed by atoms with Gasteiger partial charge < -0.3 is 20.3 Å². The fraction of sp³-hybridized carbons (Fsp3) is 0.0323. The highest BCUT2D eigenvalue weighted by atomic mass is 35.5. The Morgan fingerprint density at radius 1 is 0.333 bits per heavy atom. The molecule has 0 unspecified atom stereocenters. The first kappa shape index (κ1) is 74.5. The summed E-state index contributed by atoms with van der Waals surface area (Å²) in [6.07, 6.45) is 22.1. The summed E-state index contributed by atoms with van der Waals surface area (Å²) < 4.78 is 82.8. The lowest BCUT2D eigenvalue weighted by Gasteiger charge is -2.14. The van der Waals surface area contributed by atoms with Crippen LogP contribution in [0.4, 0.5) is 27.6 Å². The molecule has 0 amide bonds. The molecule has 18 nitrogen and oxygen atoms in total. The quantitative estimate of drug-likeness (QED) is 0.0852. The number of nitrogen functional groups attached to an aromatic ring is 1. The highest BCUT2D eigenvalue weighted by Crippen LogP contribution is 2.43. The van der Waals surface area contributed by atoms with Gasteiger partial charge in [0.15, 0.2) is 22.6 Å². The molecule has 0 saturated carbocycles. The number of ether oxygens (including phenoxy) is 2. The van der Waals surface area contributed by atoms with Gasteiger partial charge in [0.25, 0.3) is 0 Å². The van der Waals surface area contributed by atoms with E-state index in [0.29, 0.717) is 84.4 Å². The lowest BCUT2D eigenvalue weighted by molar-refractivity contribution is 0.203. The van der Waals surface area contributed by atoms with Gasteiger partial charge >= 0.3 is 0 Å². The van der Waals surface area contributed by atoms with Crippen molar-refractivity contribution in [3.05, 3.63) is 333 Å². The zero-order valence-corrected chi connectivity index (χ0v) is 62.3. The van der Waals surface area contributed by atoms with Crippen molar-refractivity contribution in [1.29, 1.82) is 0 Å². The lowest BCUT2D eigenvalue weighted by atomic mass is 9.95. The van der Waals surface area contributed by atoms with Crippen LogP contribution in [-0.4, -0.2) is 95.2 Å². The SMILES string of the molecule is COc1nccc2c(-c3cc(-c4ccccc4F)nc4ncccc34)nccc12.Fc1ccc(Cl)cc1-c1cc(-c2cncc3ncccc23)c2cccnc2n1.Nc1ccc(-c2cc(-c3cc(F)ccc3F)nc3ncccc23)c2ccncc12.OCCOc1ccc(-c2cc(-c3ccccc3F)nc3ncccc23)c2ccncc12. The maximum Gasteiger partial charge on any atom is 0.221 e. The van der Waals surface area contributed by atoms with E-state index in [1.54, 1.807) is 136 Å². The van der Waals surface area contributed by atoms with E-state index in [9.17, 15) is 22.0 Å². The third kappa shape index (κ3) is 15.0. The van der Waals surface area contributed by atoms with Crippen LogP contribution >= 0.6 is 11.6 Å². The van der Waals surface area contributed by atoms with E-state index in [2.05, 4.69) is 69.8 Å². The summed E-state index contributed by atoms with van der Waals surface area (Å²) in [6.45, 7) is 0.124. The van der Waals surface area contributed by atoms with Gasteiger partial charge in [-0.2, -0.15) is 0 Å². The summed E-state index contributed by atoms with van der Waals surface area (Å²) in [7, 11) is 1.59. The number of hydrogen-bond donors (Lipinski definition) is 2. The highest BCUT2D eigenvalue weighted by molar-refractivity contribution is 6.31. The summed E-state index contributed by atoms with van der Waals surface area (Å²) in [5.74, 6) is -0.975. The van der Waals surface area contributed by atoms with Crippen LogP contribution in [0.15, 0.2) is 299 Å². The van der Waals surface area contributed by atoms with Gasteiger partial charge in [-0.15, -0.1) is 0 Å². The van der Waals surface area contributed by atoms with Crippen LogP contribution in [0.5, 0.6) is 11.6 Å². The molecule has 14 aromatic heterocycles. The second-order valence-corrected chi connectivity index (χ2v) is 26.9. The second kappa shape index (κ2) is 32.9. The van der Waals surface area contributed by atoms with Crippen LogP contribution in [0, 0.1) is 29.1 Å². The first-order valence-corrected chi connectivity index (χ1v) is 36.9. The van der Waals surface area contributed by atoms with Crippen LogP contribution in [0.25, 0.3) is 177 Å². The predicted molar refractivity (Wildman–Crippen MR) is 447 cm³/mol. The minimum atomic E-state index is -0.550. The molecule has 6 aromatic carbocycles. The van der Waals surface area contributed by atoms with E-state index >= 15 is 0 Å². The third-order valence-corrected chi connectivity index (χ3v) is 19.8. The first-order chi connectivity index (χ1) is 57.3. The molecule has 24 heteroatoms. The van der Waals surface area contributed by atoms with Gasteiger partial charge in [0.05, 0.1) is 53.9 Å². The summed E-state index contributed by atoms with van der Waals surface area (Å²) in [4.78, 5) is 61.8. The van der Waals surface area contributed by atoms with E-state index in [-0.39, 0.29) is 30.4 Å². The molecule has 0 aliphatic rings. The van der Waals surface area contributed by atoms with Gasteiger partial charge in [-0.1, -0.05) is 54.1 Å². The molecule has 0 aliphatic carbocycles. The molecule has 0 fully saturated rings. The van der Waals surface area contributed by atoms with E-state index < -0.39 is 17.5 Å². The summed E-state index contributed by atoms with van der Waals surface area (Å²) in [5.41, 5.74) is 19.4. The number of anilines is 1. The van der Waals surface area contributed by atoms with Gasteiger partial charge in [-0.3, -0.25) is 24.9 Å². The molecule has 0 aliphatic heterocycles. The predicted octanol–water partition coefficient (Wildman–Crippen LogP) is 21.1. The van der Waals surface area contributed by atoms with Crippen molar-refractivity contribution in [2.75, 3.05) is 26.1 Å². The Morgan fingerprint density at radius 2 is 0.803 bits per heavy atom. The number of pyridine rings is 14. The number of halogens is 6. The van der Waals surface area contributed by atoms with Crippen molar-refractivity contribution in [1.82, 2.24) is 69.8 Å². The second-order valence-electron chi connectivity index (χ2n) is 26.5. The minimum absolute atomic E-state index is 0.0732. The zero-order chi connectivity index (χ0) is 80.0. The van der Waals surface area contributed by atoms with Gasteiger partial charge in [0.2, 0.25) is 5.88 Å². The molecule has 3 N–H and O–H groups in total. The largest absolute Gasteiger partial charge is 0.490 e. The fourth-order valence-electron chi connectivity index (χ4n) is 14.2. The normalized spacial score (nSPS) is 11.2. The van der Waals surface area contributed by atoms with Crippen molar-refractivity contribution in [3.8, 4) is 101 Å². The molecule has 117 heavy (non-hydrogen) atoms. The van der Waals surface area contributed by atoms with Crippen molar-refractivity contribution >= 4 is 105 Å². The topological polar surface area (TPSA) is 245 Å². The average Bonchev–Trinajstić information content (AvgIpc) is 0.777. The number of aromatic nitrogens is 14. The average molecular weight is 1570 g/mol. The Hall–Kier alpha value is -15.2. The monoisotopic (exact) mass is 1560 g/mol. The number of nitrogens with two attached hydrogens (primary N) is 1. The summed E-state index contributed by atoms with van der Waals surface area (Å²) in [6, 6.07) is 62.3. The molecule has 0 spiro atoms. The fourth-order valence-corrected chi connectivity index (χ4v) is 14.3. The number of nitrogens with zero attached hydrogens (tertiary/aromatic N) is 14. The van der Waals surface area contributed by atoms with Gasteiger partial charge in [-0.25, -0.2) is 66.8 Å². The molecule has 0 saturated heterocycles. The van der Waals surface area contributed by atoms with Crippen molar-refractivity contribution in [2.45, 2.75) is 0 Å². The maximum absolute atomic E-state index is 14.5. The van der Waals surface area contributed by atoms with Gasteiger partial charge in [0, 0.05) is 167 Å². The summed E-state index contributed by atoms with van der Waals surface area (Å²) >= 11 is 6.09. The van der Waals surface area contributed by atoms with Gasteiger partial charge in [-0.05, 0) is 215 Å². The van der Waals surface area contributed by atoms with Crippen LogP contribution in [-0.2, 0) is 0 Å². The number of rotatable bonds is 12. The van der Waals surface area contributed by atoms with Crippen molar-refractivity contribution < 1.29 is 36.5 Å². The number of fused-ring (bicyclic) bond motifs is 8. The summed E-state index contributed by atoms with van der Waals surface area (Å²) in [5, 5.41) is 19.1. The van der Waals surface area contributed by atoms with E-state index in [1.165, 1.54) is 24.3 Å². The molecular formula is C93H59ClF5N15O3. The van der Waals surface area contributed by atoms with E-state index in [4.69, 9.17) is 31.9 Å². The third-order valence-electron chi connectivity index (χ3n) is 19.5. The smallest absolute Gasteiger partial charge is 0.221 e. The number of aliphatic hydroxyl groups excluding tert-OH is 1. The van der Waals surface area contributed by atoms with E-state index in [0.717, 1.165) is 128 Å². The zero-order valence-electron chi connectivity index (χ0n) is 61.6. The Morgan fingerprint density at radius 3 is 1.38 bits per heavy atom. The first-order valence-electron chi connectivity index (χ1n) is 36.5. The van der Waals surface area contributed by atoms with Gasteiger partial charge in [0.1, 0.15) is 41.4 Å². The lowest BCUT2D eigenvalue weighted by Crippen LogP contribution is -2.02. The molecule has 14 heterocycles. The number of methoxy groups -OCH3 is 1. The number of benzene rings is 6. The standard InChI is InChI=1S/C25H18FN3O2.C23H14F2N4.C23H15FN4O.C22H12ClFN4/c26-22-6-2-1-4-19(22)23-14-20(18-5-3-10-28-25(18)29-23)16-7-8-24(31-13-12-30)21-15-27-11-9-17(16)21;24-13-3-5-20(25)18(10-13)22-11-17(16-2-1-8-28-23(16)29-22)14-4-6-21(26)19-12-27-9-7-15(14)19;1-29-23-16-9-11-25-21(14(16)8-12-27-23)18-13-20(17-5-2-3-7-19(17)24)28-22-15(18)6-4-10-26-22;23-13-5-6-19(24)17(9-13)20-10-16(15-4-2-8-27-22(15)28-20)18-11-25-12-21-14(18)3-1-7-26-21/h1-11,14-15,30H,12-13H2;1-12H,26H2;2-13H,1H3;1-12H.